The topological polar surface area (TPSA) is 86.0 Å². The molecule has 1 N–H and O–H groups in total. The summed E-state index contributed by atoms with van der Waals surface area (Å²) >= 11 is 0. The summed E-state index contributed by atoms with van der Waals surface area (Å²) in [5.74, 6) is 1.88. The number of fused-ring (bicyclic) bond motifs is 1. The lowest BCUT2D eigenvalue weighted by Gasteiger charge is -2.12. The third-order valence-corrected chi connectivity index (χ3v) is 4.36. The van der Waals surface area contributed by atoms with Crippen LogP contribution in [0.4, 0.5) is 10.2 Å². The van der Waals surface area contributed by atoms with Crippen LogP contribution in [0.3, 0.4) is 0 Å². The van der Waals surface area contributed by atoms with Gasteiger partial charge in [-0.3, -0.25) is 0 Å². The molecule has 0 saturated carbocycles. The Morgan fingerprint density at radius 2 is 2.04 bits per heavy atom. The van der Waals surface area contributed by atoms with Crippen LogP contribution in [0.15, 0.2) is 53.3 Å². The molecular weight excluding hydrogens is 361 g/mol. The third kappa shape index (κ3) is 3.62. The zero-order valence-electron chi connectivity index (χ0n) is 15.4. The summed E-state index contributed by atoms with van der Waals surface area (Å²) in [5, 5.41) is 7.85. The average molecular weight is 379 g/mol. The lowest BCUT2D eigenvalue weighted by atomic mass is 10.1. The van der Waals surface area contributed by atoms with Gasteiger partial charge in [0.2, 0.25) is 5.89 Å². The fourth-order valence-electron chi connectivity index (χ4n) is 2.94. The van der Waals surface area contributed by atoms with Crippen LogP contribution in [0, 0.1) is 5.82 Å². The number of hydrogen-bond acceptors (Lipinski definition) is 7. The maximum Gasteiger partial charge on any atom is 0.231 e. The number of nitrogens with one attached hydrogen (secondary N) is 1. The highest BCUT2D eigenvalue weighted by atomic mass is 19.1. The molecular formula is C20H18FN5O2. The number of para-hydroxylation sites is 1. The predicted octanol–water partition coefficient (Wildman–Crippen LogP) is 3.92. The van der Waals surface area contributed by atoms with Crippen LogP contribution in [0.25, 0.3) is 10.9 Å². The Morgan fingerprint density at radius 3 is 2.89 bits per heavy atom. The second-order valence-electron chi connectivity index (χ2n) is 6.28. The van der Waals surface area contributed by atoms with Crippen molar-refractivity contribution >= 4 is 16.7 Å². The number of benzene rings is 2. The number of halogens is 1. The van der Waals surface area contributed by atoms with Gasteiger partial charge >= 0.3 is 0 Å². The fourth-order valence-corrected chi connectivity index (χ4v) is 2.94. The zero-order chi connectivity index (χ0) is 19.5. The summed E-state index contributed by atoms with van der Waals surface area (Å²) in [7, 11) is 1.62. The van der Waals surface area contributed by atoms with Crippen molar-refractivity contribution in [3.63, 3.8) is 0 Å². The Bertz CT molecular complexity index is 1110. The maximum absolute atomic E-state index is 13.6. The minimum absolute atomic E-state index is 0.295. The van der Waals surface area contributed by atoms with Crippen LogP contribution in [0.2, 0.25) is 0 Å². The minimum atomic E-state index is -0.350. The zero-order valence-corrected chi connectivity index (χ0v) is 15.4. The number of hydrogen-bond donors (Lipinski definition) is 1. The molecule has 0 aliphatic carbocycles. The van der Waals surface area contributed by atoms with E-state index in [2.05, 4.69) is 25.4 Å². The largest absolute Gasteiger partial charge is 0.496 e. The molecule has 0 radical (unpaired) electrons. The number of methoxy groups -OCH3 is 1. The summed E-state index contributed by atoms with van der Waals surface area (Å²) < 4.78 is 24.4. The van der Waals surface area contributed by atoms with E-state index >= 15 is 0 Å². The number of ether oxygens (including phenoxy) is 1. The first kappa shape index (κ1) is 17.8. The number of aromatic nitrogens is 4. The van der Waals surface area contributed by atoms with Gasteiger partial charge in [0.1, 0.15) is 23.7 Å². The van der Waals surface area contributed by atoms with Gasteiger partial charge in [-0.25, -0.2) is 14.4 Å². The molecule has 0 bridgehead atoms. The van der Waals surface area contributed by atoms with E-state index in [1.165, 1.54) is 18.5 Å². The molecule has 1 atom stereocenters. The van der Waals surface area contributed by atoms with E-state index < -0.39 is 0 Å². The second kappa shape index (κ2) is 7.59. The maximum atomic E-state index is 13.6. The molecule has 2 aromatic carbocycles. The highest BCUT2D eigenvalue weighted by molar-refractivity contribution is 5.88. The van der Waals surface area contributed by atoms with Crippen molar-refractivity contribution in [2.45, 2.75) is 19.4 Å². The summed E-state index contributed by atoms with van der Waals surface area (Å²) in [4.78, 5) is 12.8. The van der Waals surface area contributed by atoms with Crippen LogP contribution in [-0.4, -0.2) is 27.2 Å². The van der Waals surface area contributed by atoms with Gasteiger partial charge in [0.15, 0.2) is 5.82 Å². The first-order valence-corrected chi connectivity index (χ1v) is 8.75. The van der Waals surface area contributed by atoms with Crippen molar-refractivity contribution in [3.05, 3.63) is 71.9 Å². The summed E-state index contributed by atoms with van der Waals surface area (Å²) in [5.41, 5.74) is 1.61. The van der Waals surface area contributed by atoms with Gasteiger partial charge in [-0.15, -0.1) is 0 Å². The summed E-state index contributed by atoms with van der Waals surface area (Å²) in [6, 6.07) is 11.8. The molecule has 1 unspecified atom stereocenters. The molecule has 0 spiro atoms. The van der Waals surface area contributed by atoms with Crippen molar-refractivity contribution in [1.29, 1.82) is 0 Å². The fraction of sp³-hybridized carbons (Fsp3) is 0.200. The lowest BCUT2D eigenvalue weighted by Crippen LogP contribution is -2.10. The van der Waals surface area contributed by atoms with Crippen LogP contribution < -0.4 is 10.1 Å². The van der Waals surface area contributed by atoms with Gasteiger partial charge in [0.25, 0.3) is 0 Å². The van der Waals surface area contributed by atoms with Crippen molar-refractivity contribution in [2.75, 3.05) is 12.4 Å². The van der Waals surface area contributed by atoms with Gasteiger partial charge < -0.3 is 14.6 Å². The first-order valence-electron chi connectivity index (χ1n) is 8.75. The van der Waals surface area contributed by atoms with Crippen LogP contribution in [0.1, 0.15) is 30.2 Å². The second-order valence-corrected chi connectivity index (χ2v) is 6.28. The molecule has 4 aromatic rings. The van der Waals surface area contributed by atoms with Crippen molar-refractivity contribution in [3.8, 4) is 5.75 Å². The quantitative estimate of drug-likeness (QED) is 0.543. The van der Waals surface area contributed by atoms with Crippen molar-refractivity contribution in [2.24, 2.45) is 0 Å². The Hall–Kier alpha value is -3.55. The van der Waals surface area contributed by atoms with E-state index in [1.807, 2.05) is 31.2 Å². The molecule has 2 heterocycles. The van der Waals surface area contributed by atoms with Gasteiger partial charge in [0.05, 0.1) is 25.1 Å². The smallest absolute Gasteiger partial charge is 0.231 e. The molecule has 0 fully saturated rings. The molecule has 0 aliphatic rings. The Balaban J connectivity index is 1.54. The SMILES string of the molecule is COc1ccccc1Cc1nc(C(C)Nc2ncnc3ccc(F)cc23)no1. The highest BCUT2D eigenvalue weighted by Crippen LogP contribution is 2.25. The van der Waals surface area contributed by atoms with E-state index in [4.69, 9.17) is 9.26 Å². The summed E-state index contributed by atoms with van der Waals surface area (Å²) in [6.45, 7) is 1.88. The normalized spacial score (nSPS) is 12.1. The van der Waals surface area contributed by atoms with E-state index in [0.29, 0.717) is 34.9 Å². The molecule has 7 nitrogen and oxygen atoms in total. The Kier molecular flexibility index (Phi) is 4.84. The predicted molar refractivity (Wildman–Crippen MR) is 102 cm³/mol. The number of nitrogens with zero attached hydrogens (tertiary/aromatic N) is 4. The van der Waals surface area contributed by atoms with Gasteiger partial charge in [-0.1, -0.05) is 23.4 Å². The first-order chi connectivity index (χ1) is 13.6. The van der Waals surface area contributed by atoms with Crippen molar-refractivity contribution in [1.82, 2.24) is 20.1 Å². The third-order valence-electron chi connectivity index (χ3n) is 4.36. The minimum Gasteiger partial charge on any atom is -0.496 e. The standard InChI is InChI=1S/C20H18FN5O2/c1-12(24-20-15-10-14(21)7-8-16(15)22-11-23-20)19-25-18(28-26-19)9-13-5-3-4-6-17(13)27-2/h3-8,10-12H,9H2,1-2H3,(H,22,23,24). The molecule has 0 amide bonds. The van der Waals surface area contributed by atoms with Gasteiger partial charge in [0, 0.05) is 10.9 Å². The number of rotatable bonds is 6. The van der Waals surface area contributed by atoms with Crippen molar-refractivity contribution < 1.29 is 13.7 Å². The van der Waals surface area contributed by atoms with E-state index in [0.717, 1.165) is 11.3 Å². The van der Waals surface area contributed by atoms with Crippen LogP contribution in [0.5, 0.6) is 5.75 Å². The Labute approximate surface area is 160 Å². The van der Waals surface area contributed by atoms with Gasteiger partial charge in [-0.2, -0.15) is 4.98 Å². The van der Waals surface area contributed by atoms with E-state index in [9.17, 15) is 4.39 Å². The number of anilines is 1. The molecule has 28 heavy (non-hydrogen) atoms. The Morgan fingerprint density at radius 1 is 1.18 bits per heavy atom. The summed E-state index contributed by atoms with van der Waals surface area (Å²) in [6.07, 6.45) is 1.89. The van der Waals surface area contributed by atoms with Gasteiger partial charge in [-0.05, 0) is 31.2 Å². The highest BCUT2D eigenvalue weighted by Gasteiger charge is 2.17. The average Bonchev–Trinajstić information content (AvgIpc) is 3.17. The lowest BCUT2D eigenvalue weighted by molar-refractivity contribution is 0.373. The van der Waals surface area contributed by atoms with Crippen LogP contribution in [-0.2, 0) is 6.42 Å². The monoisotopic (exact) mass is 379 g/mol. The molecule has 0 saturated heterocycles. The van der Waals surface area contributed by atoms with E-state index in [-0.39, 0.29) is 11.9 Å². The van der Waals surface area contributed by atoms with E-state index in [1.54, 1.807) is 13.2 Å². The molecule has 8 heteroatoms. The molecule has 4 rings (SSSR count). The molecule has 142 valence electrons. The molecule has 0 aliphatic heterocycles. The molecule has 2 aromatic heterocycles. The van der Waals surface area contributed by atoms with Crippen LogP contribution >= 0.6 is 0 Å².